The summed E-state index contributed by atoms with van der Waals surface area (Å²) in [5.41, 5.74) is 2.17. The standard InChI is InChI=1S/C24H26FN3O3/c1-5-6-13-27-22(26-4)15-28-16-30-21-12-9-18(14-20(21)23(28)29)17-7-10-19(11-8-17)31-24(2,3)25/h6-14H,4-5,15-16H2,1-3H3/b13-6-,27-22?. The Bertz CT molecular complexity index is 1010. The van der Waals surface area contributed by atoms with E-state index in [0.29, 0.717) is 22.9 Å². The molecule has 0 radical (unpaired) electrons. The Morgan fingerprint density at radius 2 is 1.97 bits per heavy atom. The predicted molar refractivity (Wildman–Crippen MR) is 121 cm³/mol. The van der Waals surface area contributed by atoms with Crippen molar-refractivity contribution < 1.29 is 18.7 Å². The lowest BCUT2D eigenvalue weighted by Crippen LogP contribution is -2.41. The van der Waals surface area contributed by atoms with Gasteiger partial charge in [-0.2, -0.15) is 4.39 Å². The Hall–Kier alpha value is -3.48. The zero-order chi connectivity index (χ0) is 22.4. The molecule has 0 aromatic heterocycles. The number of amides is 1. The number of carbonyl (C=O) groups excluding carboxylic acids is 1. The molecule has 0 bridgehead atoms. The first-order chi connectivity index (χ1) is 14.8. The average Bonchev–Trinajstić information content (AvgIpc) is 2.74. The van der Waals surface area contributed by atoms with Crippen molar-refractivity contribution in [2.75, 3.05) is 13.3 Å². The van der Waals surface area contributed by atoms with E-state index in [2.05, 4.69) is 16.7 Å². The van der Waals surface area contributed by atoms with E-state index in [1.807, 2.05) is 31.2 Å². The van der Waals surface area contributed by atoms with Gasteiger partial charge in [0.25, 0.3) is 5.91 Å². The highest BCUT2D eigenvalue weighted by atomic mass is 19.2. The molecule has 1 amide bonds. The Kier molecular flexibility index (Phi) is 6.84. The lowest BCUT2D eigenvalue weighted by atomic mass is 10.0. The van der Waals surface area contributed by atoms with Crippen molar-refractivity contribution in [2.45, 2.75) is 33.0 Å². The molecule has 0 saturated carbocycles. The number of hydrogen-bond donors (Lipinski definition) is 0. The van der Waals surface area contributed by atoms with Crippen LogP contribution in [0.2, 0.25) is 0 Å². The van der Waals surface area contributed by atoms with E-state index < -0.39 is 5.85 Å². The Morgan fingerprint density at radius 3 is 2.61 bits per heavy atom. The third kappa shape index (κ3) is 5.78. The quantitative estimate of drug-likeness (QED) is 0.451. The van der Waals surface area contributed by atoms with Crippen molar-refractivity contribution in [3.63, 3.8) is 0 Å². The fraction of sp³-hybridized carbons (Fsp3) is 0.292. The molecule has 31 heavy (non-hydrogen) atoms. The van der Waals surface area contributed by atoms with E-state index in [-0.39, 0.29) is 19.2 Å². The van der Waals surface area contributed by atoms with Crippen LogP contribution in [0.25, 0.3) is 11.1 Å². The lowest BCUT2D eigenvalue weighted by Gasteiger charge is -2.28. The predicted octanol–water partition coefficient (Wildman–Crippen LogP) is 5.25. The number of carbonyl (C=O) groups is 1. The van der Waals surface area contributed by atoms with E-state index in [0.717, 1.165) is 17.5 Å². The summed E-state index contributed by atoms with van der Waals surface area (Å²) < 4.78 is 24.6. The average molecular weight is 423 g/mol. The first-order valence-corrected chi connectivity index (χ1v) is 10.0. The molecule has 0 fully saturated rings. The van der Waals surface area contributed by atoms with Crippen LogP contribution in [0.4, 0.5) is 4.39 Å². The number of ether oxygens (including phenoxy) is 2. The van der Waals surface area contributed by atoms with Crippen LogP contribution in [0.1, 0.15) is 37.6 Å². The van der Waals surface area contributed by atoms with Gasteiger partial charge in [0.15, 0.2) is 6.73 Å². The second-order valence-electron chi connectivity index (χ2n) is 7.47. The molecule has 2 aromatic carbocycles. The molecule has 0 aliphatic carbocycles. The van der Waals surface area contributed by atoms with Gasteiger partial charge in [-0.3, -0.25) is 9.69 Å². The Balaban J connectivity index is 1.80. The minimum Gasteiger partial charge on any atom is -0.472 e. The molecule has 0 saturated heterocycles. The maximum atomic E-state index is 13.7. The van der Waals surface area contributed by atoms with Crippen molar-refractivity contribution in [1.82, 2.24) is 4.90 Å². The lowest BCUT2D eigenvalue weighted by molar-refractivity contribution is -0.0257. The summed E-state index contributed by atoms with van der Waals surface area (Å²) in [4.78, 5) is 22.7. The fourth-order valence-electron chi connectivity index (χ4n) is 3.04. The molecule has 1 aliphatic heterocycles. The van der Waals surface area contributed by atoms with Gasteiger partial charge in [-0.05, 0) is 48.5 Å². The summed E-state index contributed by atoms with van der Waals surface area (Å²) in [5, 5.41) is 0. The largest absolute Gasteiger partial charge is 0.472 e. The highest BCUT2D eigenvalue weighted by Gasteiger charge is 2.27. The summed E-state index contributed by atoms with van der Waals surface area (Å²) in [6.07, 6.45) is 4.41. The zero-order valence-corrected chi connectivity index (χ0v) is 18.0. The van der Waals surface area contributed by atoms with Gasteiger partial charge in [-0.15, -0.1) is 0 Å². The number of amidine groups is 1. The third-order valence-corrected chi connectivity index (χ3v) is 4.50. The molecule has 7 heteroatoms. The van der Waals surface area contributed by atoms with Crippen LogP contribution < -0.4 is 9.47 Å². The van der Waals surface area contributed by atoms with Crippen molar-refractivity contribution >= 4 is 18.5 Å². The van der Waals surface area contributed by atoms with Crippen LogP contribution in [0.3, 0.4) is 0 Å². The first kappa shape index (κ1) is 22.2. The third-order valence-electron chi connectivity index (χ3n) is 4.50. The number of hydrogen-bond acceptors (Lipinski definition) is 4. The van der Waals surface area contributed by atoms with Crippen molar-refractivity contribution in [3.8, 4) is 22.6 Å². The van der Waals surface area contributed by atoms with Gasteiger partial charge >= 0.3 is 0 Å². The summed E-state index contributed by atoms with van der Waals surface area (Å²) in [7, 11) is 0. The van der Waals surface area contributed by atoms with E-state index >= 15 is 0 Å². The van der Waals surface area contributed by atoms with Crippen LogP contribution in [-0.4, -0.2) is 42.5 Å². The summed E-state index contributed by atoms with van der Waals surface area (Å²) in [5.74, 6) is -0.526. The summed E-state index contributed by atoms with van der Waals surface area (Å²) >= 11 is 0. The maximum absolute atomic E-state index is 13.7. The monoisotopic (exact) mass is 423 g/mol. The number of halogens is 1. The number of aliphatic imine (C=N–C) groups is 2. The zero-order valence-electron chi connectivity index (χ0n) is 18.0. The van der Waals surface area contributed by atoms with E-state index in [9.17, 15) is 9.18 Å². The highest BCUT2D eigenvalue weighted by Crippen LogP contribution is 2.31. The van der Waals surface area contributed by atoms with Gasteiger partial charge in [-0.25, -0.2) is 9.98 Å². The minimum atomic E-state index is -1.75. The molecule has 1 aliphatic rings. The minimum absolute atomic E-state index is 0.113. The van der Waals surface area contributed by atoms with Crippen LogP contribution in [0.15, 0.2) is 64.7 Å². The van der Waals surface area contributed by atoms with E-state index in [4.69, 9.17) is 9.47 Å². The number of nitrogens with zero attached hydrogens (tertiary/aromatic N) is 3. The number of allylic oxidation sites excluding steroid dienone is 1. The number of alkyl halides is 1. The molecule has 1 heterocycles. The van der Waals surface area contributed by atoms with Gasteiger partial charge in [0.2, 0.25) is 5.85 Å². The van der Waals surface area contributed by atoms with Crippen molar-refractivity contribution in [3.05, 3.63) is 60.3 Å². The molecule has 0 unspecified atom stereocenters. The Morgan fingerprint density at radius 1 is 1.26 bits per heavy atom. The maximum Gasteiger partial charge on any atom is 0.260 e. The summed E-state index contributed by atoms with van der Waals surface area (Å²) in [6, 6.07) is 12.5. The Labute approximate surface area is 181 Å². The number of benzene rings is 2. The highest BCUT2D eigenvalue weighted by molar-refractivity contribution is 6.01. The molecule has 3 rings (SSSR count). The molecular weight excluding hydrogens is 397 g/mol. The van der Waals surface area contributed by atoms with Crippen LogP contribution >= 0.6 is 0 Å². The van der Waals surface area contributed by atoms with Crippen LogP contribution in [0, 0.1) is 0 Å². The van der Waals surface area contributed by atoms with E-state index in [1.165, 1.54) is 18.7 Å². The van der Waals surface area contributed by atoms with Crippen molar-refractivity contribution in [2.24, 2.45) is 9.98 Å². The molecule has 6 nitrogen and oxygen atoms in total. The van der Waals surface area contributed by atoms with E-state index in [1.54, 1.807) is 30.5 Å². The number of fused-ring (bicyclic) bond motifs is 1. The van der Waals surface area contributed by atoms with Gasteiger partial charge in [0, 0.05) is 20.0 Å². The second-order valence-corrected chi connectivity index (χ2v) is 7.47. The molecule has 0 N–H and O–H groups in total. The van der Waals surface area contributed by atoms with Gasteiger partial charge in [-0.1, -0.05) is 31.2 Å². The summed E-state index contributed by atoms with van der Waals surface area (Å²) in [6.45, 7) is 8.54. The number of rotatable bonds is 7. The smallest absolute Gasteiger partial charge is 0.260 e. The molecular formula is C24H26FN3O3. The second kappa shape index (κ2) is 9.55. The molecule has 162 valence electrons. The van der Waals surface area contributed by atoms with Crippen molar-refractivity contribution in [1.29, 1.82) is 0 Å². The fourth-order valence-corrected chi connectivity index (χ4v) is 3.04. The molecule has 2 aromatic rings. The van der Waals surface area contributed by atoms with Gasteiger partial charge in [0.1, 0.15) is 17.3 Å². The SMILES string of the molecule is C=NC(CN1COc2ccc(-c3ccc(OC(C)(C)F)cc3)cc2C1=O)=N/C=C\CC. The topological polar surface area (TPSA) is 63.5 Å². The first-order valence-electron chi connectivity index (χ1n) is 10.0. The molecule has 0 spiro atoms. The van der Waals surface area contributed by atoms with Crippen LogP contribution in [-0.2, 0) is 0 Å². The van der Waals surface area contributed by atoms with Gasteiger partial charge < -0.3 is 9.47 Å². The molecule has 0 atom stereocenters. The van der Waals surface area contributed by atoms with Gasteiger partial charge in [0.05, 0.1) is 12.1 Å². The normalized spacial score (nSPS) is 14.4. The van der Waals surface area contributed by atoms with Crippen LogP contribution in [0.5, 0.6) is 11.5 Å².